The molecule has 1 aliphatic rings. The van der Waals surface area contributed by atoms with Crippen LogP contribution in [0.2, 0.25) is 0 Å². The molecule has 0 bridgehead atoms. The predicted octanol–water partition coefficient (Wildman–Crippen LogP) is 2.07. The van der Waals surface area contributed by atoms with Crippen molar-refractivity contribution in [1.82, 2.24) is 9.88 Å². The summed E-state index contributed by atoms with van der Waals surface area (Å²) < 4.78 is 0. The molecule has 0 aliphatic carbocycles. The largest absolute Gasteiger partial charge is 0.383 e. The average Bonchev–Trinajstić information content (AvgIpc) is 2.61. The van der Waals surface area contributed by atoms with E-state index >= 15 is 0 Å². The second-order valence-corrected chi connectivity index (χ2v) is 4.93. The summed E-state index contributed by atoms with van der Waals surface area (Å²) in [7, 11) is 0. The minimum absolute atomic E-state index is 0.162. The number of carbonyl (C=O) groups excluding carboxylic acids is 2. The topological polar surface area (TPSA) is 76.3 Å². The number of carbonyl (C=O) groups is 2. The Morgan fingerprint density at radius 3 is 2.37 bits per heavy atom. The summed E-state index contributed by atoms with van der Waals surface area (Å²) in [5.41, 5.74) is 7.97. The van der Waals surface area contributed by atoms with Crippen LogP contribution in [0.5, 0.6) is 0 Å². The van der Waals surface area contributed by atoms with Gasteiger partial charge in [-0.25, -0.2) is 4.98 Å². The zero-order chi connectivity index (χ0) is 14.2. The molecular formula is C14H19N3O2. The van der Waals surface area contributed by atoms with Crippen LogP contribution in [0, 0.1) is 13.8 Å². The van der Waals surface area contributed by atoms with Crippen molar-refractivity contribution < 1.29 is 9.59 Å². The third-order valence-corrected chi connectivity index (χ3v) is 3.62. The van der Waals surface area contributed by atoms with Gasteiger partial charge in [0.15, 0.2) is 0 Å². The fourth-order valence-corrected chi connectivity index (χ4v) is 2.39. The molecule has 0 radical (unpaired) electrons. The smallest absolute Gasteiger partial charge is 0.265 e. The highest BCUT2D eigenvalue weighted by atomic mass is 16.2. The van der Waals surface area contributed by atoms with E-state index in [-0.39, 0.29) is 23.2 Å². The number of nitrogens with two attached hydrogens (primary N) is 1. The van der Waals surface area contributed by atoms with Crippen molar-refractivity contribution in [3.05, 3.63) is 22.4 Å². The van der Waals surface area contributed by atoms with Gasteiger partial charge >= 0.3 is 0 Å². The van der Waals surface area contributed by atoms with Crippen LogP contribution >= 0.6 is 0 Å². The van der Waals surface area contributed by atoms with Crippen LogP contribution in [0.4, 0.5) is 5.82 Å². The maximum atomic E-state index is 12.3. The monoisotopic (exact) mass is 261 g/mol. The van der Waals surface area contributed by atoms with E-state index in [4.69, 9.17) is 5.73 Å². The molecule has 1 aromatic heterocycles. The van der Waals surface area contributed by atoms with E-state index in [1.54, 1.807) is 13.8 Å². The number of hydrogen-bond donors (Lipinski definition) is 1. The van der Waals surface area contributed by atoms with Gasteiger partial charge in [0.05, 0.1) is 11.1 Å². The Balaban J connectivity index is 2.39. The first kappa shape index (κ1) is 13.5. The zero-order valence-electron chi connectivity index (χ0n) is 11.6. The van der Waals surface area contributed by atoms with E-state index in [1.165, 1.54) is 4.90 Å². The third kappa shape index (κ3) is 2.09. The van der Waals surface area contributed by atoms with Crippen molar-refractivity contribution in [2.75, 3.05) is 12.3 Å². The summed E-state index contributed by atoms with van der Waals surface area (Å²) >= 11 is 0. The maximum absolute atomic E-state index is 12.3. The lowest BCUT2D eigenvalue weighted by molar-refractivity contribution is 0.0652. The van der Waals surface area contributed by atoms with Crippen molar-refractivity contribution in [3.63, 3.8) is 0 Å². The van der Waals surface area contributed by atoms with Gasteiger partial charge in [-0.2, -0.15) is 0 Å². The van der Waals surface area contributed by atoms with Crippen molar-refractivity contribution in [2.45, 2.75) is 40.0 Å². The maximum Gasteiger partial charge on any atom is 0.265 e. The van der Waals surface area contributed by atoms with Crippen LogP contribution in [-0.4, -0.2) is 28.2 Å². The number of amides is 2. The minimum Gasteiger partial charge on any atom is -0.383 e. The normalized spacial score (nSPS) is 14.2. The Kier molecular flexibility index (Phi) is 3.55. The molecule has 0 fully saturated rings. The summed E-state index contributed by atoms with van der Waals surface area (Å²) in [4.78, 5) is 30.1. The number of aromatic nitrogens is 1. The van der Waals surface area contributed by atoms with E-state index in [9.17, 15) is 9.59 Å². The Bertz CT molecular complexity index is 552. The van der Waals surface area contributed by atoms with Crippen molar-refractivity contribution in [1.29, 1.82) is 0 Å². The van der Waals surface area contributed by atoms with Gasteiger partial charge in [-0.05, 0) is 25.8 Å². The second-order valence-electron chi connectivity index (χ2n) is 4.93. The summed E-state index contributed by atoms with van der Waals surface area (Å²) in [5.74, 6) is -0.371. The molecule has 1 aromatic rings. The van der Waals surface area contributed by atoms with Gasteiger partial charge in [0.2, 0.25) is 0 Å². The highest BCUT2D eigenvalue weighted by Gasteiger charge is 2.39. The highest BCUT2D eigenvalue weighted by Crippen LogP contribution is 2.30. The van der Waals surface area contributed by atoms with Crippen molar-refractivity contribution in [2.24, 2.45) is 0 Å². The quantitative estimate of drug-likeness (QED) is 0.665. The fraction of sp³-hybridized carbons (Fsp3) is 0.500. The lowest BCUT2D eigenvalue weighted by Gasteiger charge is -2.13. The van der Waals surface area contributed by atoms with E-state index in [2.05, 4.69) is 11.9 Å². The first-order valence-corrected chi connectivity index (χ1v) is 6.61. The minimum atomic E-state index is -0.302. The van der Waals surface area contributed by atoms with Crippen LogP contribution < -0.4 is 5.73 Å². The standard InChI is InChI=1S/C14H19N3O2/c1-4-5-6-7-17-13(18)10-8(2)9(3)16-12(15)11(10)14(17)19/h4-7H2,1-3H3,(H2,15,16). The predicted molar refractivity (Wildman–Crippen MR) is 73.0 cm³/mol. The van der Waals surface area contributed by atoms with E-state index < -0.39 is 0 Å². The number of nitrogens with zero attached hydrogens (tertiary/aromatic N) is 2. The molecular weight excluding hydrogens is 242 g/mol. The number of hydrogen-bond acceptors (Lipinski definition) is 4. The molecule has 2 N–H and O–H groups in total. The van der Waals surface area contributed by atoms with Gasteiger partial charge < -0.3 is 5.73 Å². The van der Waals surface area contributed by atoms with Gasteiger partial charge in [-0.15, -0.1) is 0 Å². The van der Waals surface area contributed by atoms with Crippen LogP contribution in [0.3, 0.4) is 0 Å². The molecule has 0 atom stereocenters. The number of unbranched alkanes of at least 4 members (excludes halogenated alkanes) is 2. The number of aryl methyl sites for hydroxylation is 1. The summed E-state index contributed by atoms with van der Waals surface area (Å²) in [6.45, 7) is 6.14. The molecule has 0 unspecified atom stereocenters. The summed E-state index contributed by atoms with van der Waals surface area (Å²) in [6.07, 6.45) is 2.87. The molecule has 19 heavy (non-hydrogen) atoms. The molecule has 2 amide bonds. The van der Waals surface area contributed by atoms with Gasteiger partial charge in [0.25, 0.3) is 11.8 Å². The molecule has 0 saturated heterocycles. The second kappa shape index (κ2) is 4.99. The highest BCUT2D eigenvalue weighted by molar-refractivity contribution is 6.23. The SMILES string of the molecule is CCCCCN1C(=O)c2c(N)nc(C)c(C)c2C1=O. The first-order valence-electron chi connectivity index (χ1n) is 6.61. The Morgan fingerprint density at radius 2 is 1.74 bits per heavy atom. The number of nitrogen functional groups attached to an aromatic ring is 1. The number of fused-ring (bicyclic) bond motifs is 1. The lowest BCUT2D eigenvalue weighted by Crippen LogP contribution is -2.30. The van der Waals surface area contributed by atoms with E-state index in [1.807, 2.05) is 0 Å². The van der Waals surface area contributed by atoms with Gasteiger partial charge in [0, 0.05) is 12.2 Å². The molecule has 2 heterocycles. The molecule has 2 rings (SSSR count). The van der Waals surface area contributed by atoms with Crippen LogP contribution in [0.1, 0.15) is 58.2 Å². The Hall–Kier alpha value is -1.91. The van der Waals surface area contributed by atoms with Crippen molar-refractivity contribution in [3.8, 4) is 0 Å². The van der Waals surface area contributed by atoms with Gasteiger partial charge in [0.1, 0.15) is 5.82 Å². The molecule has 0 spiro atoms. The molecule has 5 nitrogen and oxygen atoms in total. The fourth-order valence-electron chi connectivity index (χ4n) is 2.39. The Morgan fingerprint density at radius 1 is 1.11 bits per heavy atom. The molecule has 1 aliphatic heterocycles. The zero-order valence-corrected chi connectivity index (χ0v) is 11.6. The number of imide groups is 1. The lowest BCUT2D eigenvalue weighted by atomic mass is 10.0. The molecule has 0 saturated carbocycles. The Labute approximate surface area is 112 Å². The van der Waals surface area contributed by atoms with Crippen LogP contribution in [0.25, 0.3) is 0 Å². The number of pyridine rings is 1. The number of anilines is 1. The third-order valence-electron chi connectivity index (χ3n) is 3.62. The van der Waals surface area contributed by atoms with Crippen LogP contribution in [-0.2, 0) is 0 Å². The van der Waals surface area contributed by atoms with E-state index in [0.717, 1.165) is 24.8 Å². The molecule has 0 aromatic carbocycles. The molecule has 102 valence electrons. The first-order chi connectivity index (χ1) is 8.99. The number of rotatable bonds is 4. The van der Waals surface area contributed by atoms with Crippen molar-refractivity contribution >= 4 is 17.6 Å². The van der Waals surface area contributed by atoms with Gasteiger partial charge in [-0.3, -0.25) is 14.5 Å². The summed E-state index contributed by atoms with van der Waals surface area (Å²) in [5, 5.41) is 0. The molecule has 5 heteroatoms. The van der Waals surface area contributed by atoms with E-state index in [0.29, 0.717) is 17.8 Å². The van der Waals surface area contributed by atoms with Gasteiger partial charge in [-0.1, -0.05) is 19.8 Å². The summed E-state index contributed by atoms with van der Waals surface area (Å²) in [6, 6.07) is 0. The van der Waals surface area contributed by atoms with Crippen LogP contribution in [0.15, 0.2) is 0 Å². The average molecular weight is 261 g/mol.